The topological polar surface area (TPSA) is 85.4 Å². The molecule has 33 heavy (non-hydrogen) atoms. The van der Waals surface area contributed by atoms with E-state index in [0.29, 0.717) is 36.6 Å². The lowest BCUT2D eigenvalue weighted by Gasteiger charge is -2.36. The SMILES string of the molecule is COc1cc(N(CC2CCN(C(=O)OC(C)(C)C)CC2)C(=O)OC(C)(C)C)ccc1C(C)=O. The third-order valence-electron chi connectivity index (χ3n) is 5.20. The van der Waals surface area contributed by atoms with E-state index in [1.165, 1.54) is 14.0 Å². The largest absolute Gasteiger partial charge is 0.496 e. The van der Waals surface area contributed by atoms with Gasteiger partial charge in [-0.15, -0.1) is 0 Å². The summed E-state index contributed by atoms with van der Waals surface area (Å²) in [6, 6.07) is 5.09. The molecule has 0 aromatic heterocycles. The molecule has 0 unspecified atom stereocenters. The van der Waals surface area contributed by atoms with Crippen molar-refractivity contribution in [2.75, 3.05) is 31.6 Å². The molecule has 8 nitrogen and oxygen atoms in total. The number of rotatable bonds is 5. The second kappa shape index (κ2) is 10.4. The van der Waals surface area contributed by atoms with Crippen LogP contribution < -0.4 is 9.64 Å². The summed E-state index contributed by atoms with van der Waals surface area (Å²) in [5.74, 6) is 0.472. The number of ether oxygens (including phenoxy) is 3. The van der Waals surface area contributed by atoms with Crippen LogP contribution in [0, 0.1) is 5.92 Å². The summed E-state index contributed by atoms with van der Waals surface area (Å²) < 4.78 is 16.5. The highest BCUT2D eigenvalue weighted by Crippen LogP contribution is 2.30. The third kappa shape index (κ3) is 7.94. The van der Waals surface area contributed by atoms with Gasteiger partial charge in [0, 0.05) is 25.7 Å². The van der Waals surface area contributed by atoms with E-state index in [2.05, 4.69) is 0 Å². The summed E-state index contributed by atoms with van der Waals surface area (Å²) in [6.07, 6.45) is 0.701. The van der Waals surface area contributed by atoms with Gasteiger partial charge in [0.05, 0.1) is 18.4 Å². The Morgan fingerprint density at radius 3 is 2.06 bits per heavy atom. The van der Waals surface area contributed by atoms with Crippen molar-refractivity contribution in [1.29, 1.82) is 0 Å². The van der Waals surface area contributed by atoms with Gasteiger partial charge in [-0.1, -0.05) is 0 Å². The fourth-order valence-electron chi connectivity index (χ4n) is 3.62. The maximum Gasteiger partial charge on any atom is 0.414 e. The predicted molar refractivity (Wildman–Crippen MR) is 127 cm³/mol. The zero-order valence-corrected chi connectivity index (χ0v) is 21.2. The number of carbonyl (C=O) groups excluding carboxylic acids is 3. The van der Waals surface area contributed by atoms with Crippen molar-refractivity contribution in [2.24, 2.45) is 5.92 Å². The van der Waals surface area contributed by atoms with Crippen LogP contribution in [0.15, 0.2) is 18.2 Å². The molecular weight excluding hydrogens is 424 g/mol. The Morgan fingerprint density at radius 1 is 1.00 bits per heavy atom. The van der Waals surface area contributed by atoms with Gasteiger partial charge in [-0.3, -0.25) is 9.69 Å². The lowest BCUT2D eigenvalue weighted by Crippen LogP contribution is -2.45. The van der Waals surface area contributed by atoms with Crippen molar-refractivity contribution in [3.63, 3.8) is 0 Å². The Morgan fingerprint density at radius 2 is 1.58 bits per heavy atom. The number of methoxy groups -OCH3 is 1. The molecule has 1 saturated heterocycles. The number of piperidine rings is 1. The van der Waals surface area contributed by atoms with Crippen LogP contribution >= 0.6 is 0 Å². The van der Waals surface area contributed by atoms with Crippen molar-refractivity contribution in [1.82, 2.24) is 4.90 Å². The molecule has 0 spiro atoms. The number of hydrogen-bond acceptors (Lipinski definition) is 6. The second-order valence-corrected chi connectivity index (χ2v) is 10.4. The zero-order chi connectivity index (χ0) is 25.0. The lowest BCUT2D eigenvalue weighted by atomic mass is 9.96. The van der Waals surface area contributed by atoms with Crippen molar-refractivity contribution >= 4 is 23.7 Å². The summed E-state index contributed by atoms with van der Waals surface area (Å²) in [7, 11) is 1.50. The molecule has 2 rings (SSSR count). The number of ketones is 1. The van der Waals surface area contributed by atoms with E-state index in [0.717, 1.165) is 12.8 Å². The molecule has 0 radical (unpaired) electrons. The Hall–Kier alpha value is -2.77. The van der Waals surface area contributed by atoms with Gasteiger partial charge in [0.15, 0.2) is 5.78 Å². The quantitative estimate of drug-likeness (QED) is 0.553. The maximum absolute atomic E-state index is 13.1. The van der Waals surface area contributed by atoms with E-state index < -0.39 is 17.3 Å². The van der Waals surface area contributed by atoms with Crippen molar-refractivity contribution in [2.45, 2.75) is 72.5 Å². The van der Waals surface area contributed by atoms with E-state index in [-0.39, 0.29) is 17.8 Å². The van der Waals surface area contributed by atoms with Crippen LogP contribution in [0.25, 0.3) is 0 Å². The van der Waals surface area contributed by atoms with Gasteiger partial charge in [0.25, 0.3) is 0 Å². The van der Waals surface area contributed by atoms with Crippen molar-refractivity contribution in [3.05, 3.63) is 23.8 Å². The first kappa shape index (κ1) is 26.5. The summed E-state index contributed by atoms with van der Waals surface area (Å²) in [6.45, 7) is 14.0. The average Bonchev–Trinajstić information content (AvgIpc) is 2.69. The Kier molecular flexibility index (Phi) is 8.38. The van der Waals surface area contributed by atoms with Gasteiger partial charge >= 0.3 is 12.2 Å². The van der Waals surface area contributed by atoms with Crippen molar-refractivity contribution in [3.8, 4) is 5.75 Å². The number of benzene rings is 1. The fraction of sp³-hybridized carbons (Fsp3) is 0.640. The van der Waals surface area contributed by atoms with Crippen LogP contribution in [-0.4, -0.2) is 60.8 Å². The number of carbonyl (C=O) groups is 3. The van der Waals surface area contributed by atoms with Crippen LogP contribution in [0.1, 0.15) is 71.7 Å². The summed E-state index contributed by atoms with van der Waals surface area (Å²) >= 11 is 0. The minimum absolute atomic E-state index is 0.114. The van der Waals surface area contributed by atoms with Crippen LogP contribution in [0.2, 0.25) is 0 Å². The highest BCUT2D eigenvalue weighted by molar-refractivity contribution is 5.98. The molecule has 1 heterocycles. The first-order chi connectivity index (χ1) is 15.2. The maximum atomic E-state index is 13.1. The van der Waals surface area contributed by atoms with E-state index in [1.807, 2.05) is 41.5 Å². The molecule has 0 bridgehead atoms. The summed E-state index contributed by atoms with van der Waals surface area (Å²) in [5, 5.41) is 0. The standard InChI is InChI=1S/C25H38N2O6/c1-17(28)20-10-9-19(15-21(20)31-8)27(23(30)33-25(5,6)7)16-18-11-13-26(14-12-18)22(29)32-24(2,3)4/h9-10,15,18H,11-14,16H2,1-8H3. The number of likely N-dealkylation sites (tertiary alicyclic amines) is 1. The van der Waals surface area contributed by atoms with Gasteiger partial charge in [-0.25, -0.2) is 9.59 Å². The molecule has 8 heteroatoms. The first-order valence-electron chi connectivity index (χ1n) is 11.4. The Bertz CT molecular complexity index is 861. The molecule has 2 amide bonds. The second-order valence-electron chi connectivity index (χ2n) is 10.4. The molecule has 0 aliphatic carbocycles. The Balaban J connectivity index is 2.19. The number of Topliss-reactive ketones (excluding diaryl/α,β-unsaturated/α-hetero) is 1. The Labute approximate surface area is 197 Å². The lowest BCUT2D eigenvalue weighted by molar-refractivity contribution is 0.0182. The molecule has 1 aliphatic heterocycles. The van der Waals surface area contributed by atoms with Crippen LogP contribution in [-0.2, 0) is 9.47 Å². The molecule has 184 valence electrons. The van der Waals surface area contributed by atoms with Crippen molar-refractivity contribution < 1.29 is 28.6 Å². The molecule has 0 saturated carbocycles. The van der Waals surface area contributed by atoms with Gasteiger partial charge in [0.2, 0.25) is 0 Å². The normalized spacial score (nSPS) is 15.1. The number of amides is 2. The molecule has 0 atom stereocenters. The van der Waals surface area contributed by atoms with Crippen LogP contribution in [0.5, 0.6) is 5.75 Å². The van der Waals surface area contributed by atoms with E-state index >= 15 is 0 Å². The zero-order valence-electron chi connectivity index (χ0n) is 21.2. The molecule has 1 aromatic carbocycles. The van der Waals surface area contributed by atoms with Crippen LogP contribution in [0.4, 0.5) is 15.3 Å². The highest BCUT2D eigenvalue weighted by atomic mass is 16.6. The van der Waals surface area contributed by atoms with Crippen LogP contribution in [0.3, 0.4) is 0 Å². The van der Waals surface area contributed by atoms with Gasteiger partial charge in [-0.05, 0) is 79.4 Å². The number of hydrogen-bond donors (Lipinski definition) is 0. The predicted octanol–water partition coefficient (Wildman–Crippen LogP) is 5.29. The summed E-state index contributed by atoms with van der Waals surface area (Å²) in [5.41, 5.74) is -0.137. The minimum Gasteiger partial charge on any atom is -0.496 e. The average molecular weight is 463 g/mol. The van der Waals surface area contributed by atoms with Gasteiger partial charge in [-0.2, -0.15) is 0 Å². The van der Waals surface area contributed by atoms with E-state index in [9.17, 15) is 14.4 Å². The highest BCUT2D eigenvalue weighted by Gasteiger charge is 2.31. The first-order valence-corrected chi connectivity index (χ1v) is 11.4. The minimum atomic E-state index is -0.654. The van der Waals surface area contributed by atoms with Gasteiger partial charge < -0.3 is 19.1 Å². The van der Waals surface area contributed by atoms with E-state index in [1.54, 1.807) is 28.0 Å². The number of anilines is 1. The molecule has 1 aliphatic rings. The smallest absolute Gasteiger partial charge is 0.414 e. The van der Waals surface area contributed by atoms with E-state index in [4.69, 9.17) is 14.2 Å². The number of nitrogens with zero attached hydrogens (tertiary/aromatic N) is 2. The molecule has 1 aromatic rings. The van der Waals surface area contributed by atoms with Gasteiger partial charge in [0.1, 0.15) is 17.0 Å². The molecular formula is C25H38N2O6. The third-order valence-corrected chi connectivity index (χ3v) is 5.20. The summed E-state index contributed by atoms with van der Waals surface area (Å²) in [4.78, 5) is 40.6. The molecule has 1 fully saturated rings. The molecule has 0 N–H and O–H groups in total. The monoisotopic (exact) mass is 462 g/mol. The fourth-order valence-corrected chi connectivity index (χ4v) is 3.62.